The van der Waals surface area contributed by atoms with Gasteiger partial charge in [0.2, 0.25) is 0 Å². The summed E-state index contributed by atoms with van der Waals surface area (Å²) in [6, 6.07) is 12.7. The second-order valence-electron chi connectivity index (χ2n) is 6.38. The molecule has 2 heterocycles. The molecule has 4 rings (SSSR count). The van der Waals surface area contributed by atoms with Crippen LogP contribution in [0.2, 0.25) is 5.02 Å². The number of carbonyl (C=O) groups excluding carboxylic acids is 1. The van der Waals surface area contributed by atoms with Gasteiger partial charge in [0.1, 0.15) is 5.75 Å². The number of hydrogen-bond acceptors (Lipinski definition) is 5. The lowest BCUT2D eigenvalue weighted by Gasteiger charge is -2.19. The molecule has 6 nitrogen and oxygen atoms in total. The van der Waals surface area contributed by atoms with Crippen molar-refractivity contribution in [2.45, 2.75) is 12.8 Å². The van der Waals surface area contributed by atoms with Crippen LogP contribution in [-0.2, 0) is 0 Å². The molecular weight excluding hydrogens is 364 g/mol. The molecule has 27 heavy (non-hydrogen) atoms. The quantitative estimate of drug-likeness (QED) is 0.734. The molecular formula is C20H19ClN4O2. The van der Waals surface area contributed by atoms with Gasteiger partial charge in [-0.15, -0.1) is 0 Å². The Balaban J connectivity index is 1.71. The number of rotatable bonds is 4. The van der Waals surface area contributed by atoms with Crippen LogP contribution in [-0.4, -0.2) is 36.1 Å². The Morgan fingerprint density at radius 1 is 1.11 bits per heavy atom. The minimum atomic E-state index is -0.309. The molecule has 0 aliphatic carbocycles. The van der Waals surface area contributed by atoms with Gasteiger partial charge in [0, 0.05) is 18.8 Å². The number of hydrogen-bond donors (Lipinski definition) is 1. The molecule has 0 saturated carbocycles. The predicted octanol–water partition coefficient (Wildman–Crippen LogP) is 4.14. The third-order valence-corrected chi connectivity index (χ3v) is 4.88. The fraction of sp³-hybridized carbons (Fsp3) is 0.250. The van der Waals surface area contributed by atoms with Gasteiger partial charge >= 0.3 is 0 Å². The predicted molar refractivity (Wildman–Crippen MR) is 107 cm³/mol. The number of benzene rings is 2. The highest BCUT2D eigenvalue weighted by atomic mass is 35.5. The largest absolute Gasteiger partial charge is 0.495 e. The molecule has 1 fully saturated rings. The number of nitrogens with zero attached hydrogens (tertiary/aromatic N) is 3. The standard InChI is InChI=1S/C20H19ClN4O2/c1-27-17-9-8-13(12-14(17)21)22-20(26)18-19(25-10-4-5-11-25)24-16-7-3-2-6-15(16)23-18/h2-3,6-9,12H,4-5,10-11H2,1H3,(H,22,26). The lowest BCUT2D eigenvalue weighted by Crippen LogP contribution is -2.25. The summed E-state index contributed by atoms with van der Waals surface area (Å²) in [5.74, 6) is 0.873. The normalized spacial score (nSPS) is 13.8. The molecule has 0 unspecified atom stereocenters. The average Bonchev–Trinajstić information content (AvgIpc) is 3.22. The van der Waals surface area contributed by atoms with Gasteiger partial charge in [-0.05, 0) is 43.2 Å². The summed E-state index contributed by atoms with van der Waals surface area (Å²) in [7, 11) is 1.55. The summed E-state index contributed by atoms with van der Waals surface area (Å²) in [4.78, 5) is 24.4. The molecule has 1 aromatic heterocycles. The van der Waals surface area contributed by atoms with Crippen molar-refractivity contribution in [3.8, 4) is 5.75 Å². The molecule has 1 amide bonds. The van der Waals surface area contributed by atoms with Crippen LogP contribution in [0.4, 0.5) is 11.5 Å². The van der Waals surface area contributed by atoms with Gasteiger partial charge in [-0.25, -0.2) is 9.97 Å². The number of anilines is 2. The Bertz CT molecular complexity index is 1000. The maximum Gasteiger partial charge on any atom is 0.278 e. The summed E-state index contributed by atoms with van der Waals surface area (Å²) in [6.07, 6.45) is 2.17. The van der Waals surface area contributed by atoms with Crippen LogP contribution in [0.25, 0.3) is 11.0 Å². The van der Waals surface area contributed by atoms with E-state index in [1.165, 1.54) is 0 Å². The smallest absolute Gasteiger partial charge is 0.278 e. The molecule has 1 aliphatic heterocycles. The molecule has 1 aliphatic rings. The van der Waals surface area contributed by atoms with Crippen molar-refractivity contribution in [2.75, 3.05) is 30.4 Å². The van der Waals surface area contributed by atoms with Crippen molar-refractivity contribution < 1.29 is 9.53 Å². The fourth-order valence-corrected chi connectivity index (χ4v) is 3.48. The number of ether oxygens (including phenoxy) is 1. The number of amides is 1. The molecule has 0 bridgehead atoms. The Labute approximate surface area is 162 Å². The molecule has 0 atom stereocenters. The third kappa shape index (κ3) is 3.53. The summed E-state index contributed by atoms with van der Waals surface area (Å²) in [5, 5.41) is 3.30. The third-order valence-electron chi connectivity index (χ3n) is 4.58. The maximum absolute atomic E-state index is 13.0. The van der Waals surface area contributed by atoms with Crippen molar-refractivity contribution in [2.24, 2.45) is 0 Å². The van der Waals surface area contributed by atoms with E-state index in [1.807, 2.05) is 24.3 Å². The minimum absolute atomic E-state index is 0.309. The number of halogens is 1. The van der Waals surface area contributed by atoms with E-state index in [1.54, 1.807) is 25.3 Å². The topological polar surface area (TPSA) is 67.3 Å². The second-order valence-corrected chi connectivity index (χ2v) is 6.79. The number of carbonyl (C=O) groups is 1. The fourth-order valence-electron chi connectivity index (χ4n) is 3.23. The first-order chi connectivity index (χ1) is 13.2. The van der Waals surface area contributed by atoms with Crippen molar-refractivity contribution in [3.63, 3.8) is 0 Å². The first kappa shape index (κ1) is 17.5. The lowest BCUT2D eigenvalue weighted by atomic mass is 10.2. The Morgan fingerprint density at radius 3 is 2.48 bits per heavy atom. The van der Waals surface area contributed by atoms with Gasteiger partial charge < -0.3 is 15.0 Å². The zero-order chi connectivity index (χ0) is 18.8. The summed E-state index contributed by atoms with van der Waals surface area (Å²) in [6.45, 7) is 1.75. The molecule has 138 valence electrons. The zero-order valence-electron chi connectivity index (χ0n) is 14.9. The molecule has 1 saturated heterocycles. The number of methoxy groups -OCH3 is 1. The van der Waals surface area contributed by atoms with Crippen LogP contribution in [0.15, 0.2) is 42.5 Å². The van der Waals surface area contributed by atoms with Crippen LogP contribution in [0.1, 0.15) is 23.3 Å². The van der Waals surface area contributed by atoms with Gasteiger partial charge in [0.25, 0.3) is 5.91 Å². The van der Waals surface area contributed by atoms with Crippen LogP contribution in [0.5, 0.6) is 5.75 Å². The van der Waals surface area contributed by atoms with Gasteiger partial charge in [-0.1, -0.05) is 23.7 Å². The van der Waals surface area contributed by atoms with E-state index in [2.05, 4.69) is 15.2 Å². The SMILES string of the molecule is COc1ccc(NC(=O)c2nc3ccccc3nc2N2CCCC2)cc1Cl. The van der Waals surface area contributed by atoms with E-state index >= 15 is 0 Å². The summed E-state index contributed by atoms with van der Waals surface area (Å²) < 4.78 is 5.15. The second kappa shape index (κ2) is 7.40. The lowest BCUT2D eigenvalue weighted by molar-refractivity contribution is 0.102. The van der Waals surface area contributed by atoms with E-state index in [4.69, 9.17) is 21.3 Å². The summed E-state index contributed by atoms with van der Waals surface area (Å²) >= 11 is 6.16. The zero-order valence-corrected chi connectivity index (χ0v) is 15.7. The maximum atomic E-state index is 13.0. The van der Waals surface area contributed by atoms with E-state index in [9.17, 15) is 4.79 Å². The highest BCUT2D eigenvalue weighted by molar-refractivity contribution is 6.32. The number of para-hydroxylation sites is 2. The van der Waals surface area contributed by atoms with Crippen LogP contribution in [0.3, 0.4) is 0 Å². The first-order valence-electron chi connectivity index (χ1n) is 8.82. The van der Waals surface area contributed by atoms with Crippen molar-refractivity contribution in [1.29, 1.82) is 0 Å². The van der Waals surface area contributed by atoms with E-state index in [0.29, 0.717) is 33.5 Å². The Morgan fingerprint density at radius 2 is 1.81 bits per heavy atom. The van der Waals surface area contributed by atoms with E-state index in [0.717, 1.165) is 31.4 Å². The van der Waals surface area contributed by atoms with Crippen LogP contribution >= 0.6 is 11.6 Å². The van der Waals surface area contributed by atoms with Gasteiger partial charge in [-0.2, -0.15) is 0 Å². The summed E-state index contributed by atoms with van der Waals surface area (Å²) in [5.41, 5.74) is 2.37. The van der Waals surface area contributed by atoms with E-state index < -0.39 is 0 Å². The highest BCUT2D eigenvalue weighted by Gasteiger charge is 2.23. The molecule has 1 N–H and O–H groups in total. The molecule has 0 spiro atoms. The number of nitrogens with one attached hydrogen (secondary N) is 1. The highest BCUT2D eigenvalue weighted by Crippen LogP contribution is 2.29. The molecule has 0 radical (unpaired) electrons. The van der Waals surface area contributed by atoms with Gasteiger partial charge in [0.15, 0.2) is 11.5 Å². The Kier molecular flexibility index (Phi) is 4.81. The molecule has 3 aromatic rings. The Hall–Kier alpha value is -2.86. The minimum Gasteiger partial charge on any atom is -0.495 e. The van der Waals surface area contributed by atoms with Gasteiger partial charge in [0.05, 0.1) is 23.2 Å². The van der Waals surface area contributed by atoms with Gasteiger partial charge in [-0.3, -0.25) is 4.79 Å². The van der Waals surface area contributed by atoms with E-state index in [-0.39, 0.29) is 5.91 Å². The van der Waals surface area contributed by atoms with Crippen molar-refractivity contribution in [3.05, 3.63) is 53.2 Å². The number of aromatic nitrogens is 2. The van der Waals surface area contributed by atoms with Crippen molar-refractivity contribution >= 4 is 40.0 Å². The molecule has 7 heteroatoms. The first-order valence-corrected chi connectivity index (χ1v) is 9.20. The monoisotopic (exact) mass is 382 g/mol. The van der Waals surface area contributed by atoms with Crippen LogP contribution < -0.4 is 15.0 Å². The van der Waals surface area contributed by atoms with Crippen LogP contribution in [0, 0.1) is 0 Å². The van der Waals surface area contributed by atoms with Crippen molar-refractivity contribution in [1.82, 2.24) is 9.97 Å². The average molecular weight is 383 g/mol. The molecule has 2 aromatic carbocycles. The number of fused-ring (bicyclic) bond motifs is 1.